The van der Waals surface area contributed by atoms with Gasteiger partial charge in [-0.3, -0.25) is 14.5 Å². The van der Waals surface area contributed by atoms with Crippen LogP contribution in [-0.4, -0.2) is 56.2 Å². The van der Waals surface area contributed by atoms with Crippen LogP contribution < -0.4 is 14.8 Å². The van der Waals surface area contributed by atoms with E-state index < -0.39 is 0 Å². The lowest BCUT2D eigenvalue weighted by Gasteiger charge is -2.30. The Balaban J connectivity index is 1.53. The molecule has 7 nitrogen and oxygen atoms in total. The van der Waals surface area contributed by atoms with E-state index in [-0.39, 0.29) is 24.3 Å². The molecule has 3 rings (SSSR count). The molecule has 1 amide bonds. The summed E-state index contributed by atoms with van der Waals surface area (Å²) in [7, 11) is 0. The van der Waals surface area contributed by atoms with Crippen molar-refractivity contribution in [1.82, 2.24) is 4.90 Å². The average molecular weight is 348 g/mol. The lowest BCUT2D eigenvalue weighted by atomic mass is 9.98. The number of nitrogens with zero attached hydrogens (tertiary/aromatic N) is 1. The lowest BCUT2D eigenvalue weighted by Crippen LogP contribution is -2.43. The molecule has 2 heterocycles. The van der Waals surface area contributed by atoms with Crippen molar-refractivity contribution in [2.24, 2.45) is 5.92 Å². The van der Waals surface area contributed by atoms with Gasteiger partial charge in [-0.2, -0.15) is 0 Å². The van der Waals surface area contributed by atoms with Gasteiger partial charge in [-0.15, -0.1) is 0 Å². The van der Waals surface area contributed by atoms with Crippen molar-refractivity contribution in [2.45, 2.75) is 19.8 Å². The first-order valence-electron chi connectivity index (χ1n) is 8.74. The van der Waals surface area contributed by atoms with Gasteiger partial charge in [0.15, 0.2) is 11.5 Å². The maximum Gasteiger partial charge on any atom is 0.310 e. The van der Waals surface area contributed by atoms with Crippen molar-refractivity contribution < 1.29 is 23.8 Å². The van der Waals surface area contributed by atoms with Gasteiger partial charge in [-0.05, 0) is 38.4 Å². The average Bonchev–Trinajstić information content (AvgIpc) is 2.62. The van der Waals surface area contributed by atoms with Gasteiger partial charge in [0, 0.05) is 18.3 Å². The number of ether oxygens (including phenoxy) is 3. The molecule has 0 aromatic heterocycles. The summed E-state index contributed by atoms with van der Waals surface area (Å²) in [6.45, 7) is 4.87. The van der Waals surface area contributed by atoms with Crippen LogP contribution >= 0.6 is 0 Å². The van der Waals surface area contributed by atoms with Crippen LogP contribution in [-0.2, 0) is 14.3 Å². The number of esters is 1. The summed E-state index contributed by atoms with van der Waals surface area (Å²) in [5.74, 6) is 0.915. The van der Waals surface area contributed by atoms with Gasteiger partial charge in [0.1, 0.15) is 13.2 Å². The predicted molar refractivity (Wildman–Crippen MR) is 91.9 cm³/mol. The highest BCUT2D eigenvalue weighted by molar-refractivity contribution is 5.92. The van der Waals surface area contributed by atoms with Crippen LogP contribution in [0, 0.1) is 5.92 Å². The second-order valence-corrected chi connectivity index (χ2v) is 6.23. The van der Waals surface area contributed by atoms with Crippen LogP contribution in [0.15, 0.2) is 18.2 Å². The molecule has 7 heteroatoms. The number of rotatable bonds is 5. The van der Waals surface area contributed by atoms with Gasteiger partial charge < -0.3 is 19.5 Å². The number of piperidine rings is 1. The van der Waals surface area contributed by atoms with Crippen molar-refractivity contribution >= 4 is 17.6 Å². The first-order valence-corrected chi connectivity index (χ1v) is 8.74. The molecule has 0 spiro atoms. The first-order chi connectivity index (χ1) is 12.2. The molecule has 0 unspecified atom stereocenters. The summed E-state index contributed by atoms with van der Waals surface area (Å²) in [5, 5.41) is 2.88. The number of anilines is 1. The number of benzene rings is 1. The minimum absolute atomic E-state index is 0.110. The summed E-state index contributed by atoms with van der Waals surface area (Å²) in [4.78, 5) is 26.2. The van der Waals surface area contributed by atoms with E-state index in [1.807, 2.05) is 4.90 Å². The zero-order valence-electron chi connectivity index (χ0n) is 14.5. The highest BCUT2D eigenvalue weighted by Gasteiger charge is 2.27. The molecule has 0 bridgehead atoms. The van der Waals surface area contributed by atoms with E-state index in [0.29, 0.717) is 43.6 Å². The van der Waals surface area contributed by atoms with Gasteiger partial charge >= 0.3 is 5.97 Å². The Labute approximate surface area is 147 Å². The number of likely N-dealkylation sites (tertiary alicyclic amines) is 1. The van der Waals surface area contributed by atoms with Gasteiger partial charge in [-0.25, -0.2) is 0 Å². The molecule has 25 heavy (non-hydrogen) atoms. The SMILES string of the molecule is CCOC(=O)[C@H]1CCCN(CC(=O)Nc2ccc3c(c2)OCCO3)C1. The molecule has 1 fully saturated rings. The second-order valence-electron chi connectivity index (χ2n) is 6.23. The molecule has 1 aromatic rings. The molecule has 0 saturated carbocycles. The molecule has 2 aliphatic rings. The molecule has 0 radical (unpaired) electrons. The third kappa shape index (κ3) is 4.63. The van der Waals surface area contributed by atoms with Crippen molar-refractivity contribution in [3.8, 4) is 11.5 Å². The third-order valence-corrected chi connectivity index (χ3v) is 4.32. The standard InChI is InChI=1S/C18H24N2O5/c1-2-23-18(22)13-4-3-7-20(11-13)12-17(21)19-14-5-6-15-16(10-14)25-9-8-24-15/h5-6,10,13H,2-4,7-9,11-12H2,1H3,(H,19,21)/t13-/m0/s1. The number of hydrogen-bond donors (Lipinski definition) is 1. The molecule has 1 saturated heterocycles. The monoisotopic (exact) mass is 348 g/mol. The Hall–Kier alpha value is -2.28. The summed E-state index contributed by atoms with van der Waals surface area (Å²) in [5.41, 5.74) is 0.674. The number of hydrogen-bond acceptors (Lipinski definition) is 6. The molecule has 1 aromatic carbocycles. The van der Waals surface area contributed by atoms with Crippen molar-refractivity contribution in [3.63, 3.8) is 0 Å². The van der Waals surface area contributed by atoms with E-state index in [1.54, 1.807) is 25.1 Å². The number of nitrogens with one attached hydrogen (secondary N) is 1. The van der Waals surface area contributed by atoms with E-state index in [9.17, 15) is 9.59 Å². The van der Waals surface area contributed by atoms with Crippen LogP contribution in [0.3, 0.4) is 0 Å². The molecular weight excluding hydrogens is 324 g/mol. The Kier molecular flexibility index (Phi) is 5.75. The highest BCUT2D eigenvalue weighted by atomic mass is 16.6. The molecule has 1 N–H and O–H groups in total. The minimum atomic E-state index is -0.167. The minimum Gasteiger partial charge on any atom is -0.486 e. The largest absolute Gasteiger partial charge is 0.486 e. The molecule has 2 aliphatic heterocycles. The summed E-state index contributed by atoms with van der Waals surface area (Å²) in [6, 6.07) is 5.36. The second kappa shape index (κ2) is 8.20. The van der Waals surface area contributed by atoms with E-state index in [1.165, 1.54) is 0 Å². The van der Waals surface area contributed by atoms with E-state index in [4.69, 9.17) is 14.2 Å². The summed E-state index contributed by atoms with van der Waals surface area (Å²) in [6.07, 6.45) is 1.71. The Bertz CT molecular complexity index is 634. The van der Waals surface area contributed by atoms with Crippen LogP contribution in [0.5, 0.6) is 11.5 Å². The Morgan fingerprint density at radius 2 is 2.08 bits per heavy atom. The number of fused-ring (bicyclic) bond motifs is 1. The van der Waals surface area contributed by atoms with E-state index in [0.717, 1.165) is 19.4 Å². The maximum absolute atomic E-state index is 12.3. The highest BCUT2D eigenvalue weighted by Crippen LogP contribution is 2.32. The number of carbonyl (C=O) groups excluding carboxylic acids is 2. The summed E-state index contributed by atoms with van der Waals surface area (Å²) >= 11 is 0. The van der Waals surface area contributed by atoms with E-state index in [2.05, 4.69) is 5.32 Å². The fourth-order valence-corrected chi connectivity index (χ4v) is 3.18. The third-order valence-electron chi connectivity index (χ3n) is 4.32. The van der Waals surface area contributed by atoms with Crippen LogP contribution in [0.4, 0.5) is 5.69 Å². The number of carbonyl (C=O) groups is 2. The van der Waals surface area contributed by atoms with Gasteiger partial charge in [-0.1, -0.05) is 0 Å². The maximum atomic E-state index is 12.3. The molecule has 0 aliphatic carbocycles. The quantitative estimate of drug-likeness (QED) is 0.816. The normalized spacial score (nSPS) is 20.0. The topological polar surface area (TPSA) is 77.1 Å². The van der Waals surface area contributed by atoms with Crippen molar-refractivity contribution in [3.05, 3.63) is 18.2 Å². The first kappa shape index (κ1) is 17.5. The van der Waals surface area contributed by atoms with Crippen LogP contribution in [0.25, 0.3) is 0 Å². The summed E-state index contributed by atoms with van der Waals surface area (Å²) < 4.78 is 16.1. The molecular formula is C18H24N2O5. The number of amides is 1. The molecule has 1 atom stereocenters. The van der Waals surface area contributed by atoms with Gasteiger partial charge in [0.2, 0.25) is 5.91 Å². The smallest absolute Gasteiger partial charge is 0.310 e. The van der Waals surface area contributed by atoms with Crippen LogP contribution in [0.1, 0.15) is 19.8 Å². The Morgan fingerprint density at radius 1 is 1.28 bits per heavy atom. The molecule has 136 valence electrons. The lowest BCUT2D eigenvalue weighted by molar-refractivity contribution is -0.150. The van der Waals surface area contributed by atoms with E-state index >= 15 is 0 Å². The predicted octanol–water partition coefficient (Wildman–Crippen LogP) is 1.67. The van der Waals surface area contributed by atoms with Crippen molar-refractivity contribution in [2.75, 3.05) is 44.8 Å². The van der Waals surface area contributed by atoms with Crippen molar-refractivity contribution in [1.29, 1.82) is 0 Å². The van der Waals surface area contributed by atoms with Gasteiger partial charge in [0.05, 0.1) is 19.1 Å². The van der Waals surface area contributed by atoms with Crippen LogP contribution in [0.2, 0.25) is 0 Å². The zero-order chi connectivity index (χ0) is 17.6. The Morgan fingerprint density at radius 3 is 2.88 bits per heavy atom. The van der Waals surface area contributed by atoms with Gasteiger partial charge in [0.25, 0.3) is 0 Å². The fourth-order valence-electron chi connectivity index (χ4n) is 3.18. The fraction of sp³-hybridized carbons (Fsp3) is 0.556. The zero-order valence-corrected chi connectivity index (χ0v) is 14.5.